The Kier molecular flexibility index (Phi) is 6.31. The van der Waals surface area contributed by atoms with Crippen LogP contribution in [0.15, 0.2) is 54.6 Å². The van der Waals surface area contributed by atoms with Gasteiger partial charge in [0, 0.05) is 25.3 Å². The molecule has 0 bridgehead atoms. The Bertz CT molecular complexity index is 751. The average Bonchev–Trinajstić information content (AvgIpc) is 2.70. The van der Waals surface area contributed by atoms with Crippen LogP contribution in [-0.2, 0) is 9.53 Å². The zero-order valence-corrected chi connectivity index (χ0v) is 16.6. The second-order valence-electron chi connectivity index (χ2n) is 7.64. The first-order valence-corrected chi connectivity index (χ1v) is 9.87. The standard InChI is InChI=1S/C22H30N4O2/c1-3-7-18(20(23)24)10-13-25-14-11-22(12-15-25)16-26(21(27)17(2)28-22)19-8-5-4-6-9-19/h3-9,17H,1,10-16H2,2H3,(H3,23,24)/b18-7-. The van der Waals surface area contributed by atoms with Crippen molar-refractivity contribution in [1.29, 1.82) is 5.41 Å². The molecule has 0 aromatic heterocycles. The maximum absolute atomic E-state index is 12.7. The summed E-state index contributed by atoms with van der Waals surface area (Å²) in [6.07, 6.45) is 5.56. The number of amides is 1. The van der Waals surface area contributed by atoms with Crippen LogP contribution >= 0.6 is 0 Å². The largest absolute Gasteiger partial charge is 0.384 e. The topological polar surface area (TPSA) is 82.7 Å². The predicted octanol–water partition coefficient (Wildman–Crippen LogP) is 2.71. The van der Waals surface area contributed by atoms with E-state index in [4.69, 9.17) is 15.9 Å². The molecular formula is C22H30N4O2. The van der Waals surface area contributed by atoms with Gasteiger partial charge in [0.1, 0.15) is 11.9 Å². The van der Waals surface area contributed by atoms with Crippen molar-refractivity contribution in [2.24, 2.45) is 5.73 Å². The van der Waals surface area contributed by atoms with Crippen LogP contribution in [0.25, 0.3) is 0 Å². The van der Waals surface area contributed by atoms with Gasteiger partial charge >= 0.3 is 0 Å². The molecule has 1 unspecified atom stereocenters. The van der Waals surface area contributed by atoms with E-state index < -0.39 is 6.10 Å². The number of carbonyl (C=O) groups excluding carboxylic acids is 1. The van der Waals surface area contributed by atoms with Crippen molar-refractivity contribution >= 4 is 17.4 Å². The zero-order chi connectivity index (χ0) is 20.1. The number of carbonyl (C=O) groups is 1. The van der Waals surface area contributed by atoms with Crippen molar-refractivity contribution in [2.45, 2.75) is 37.9 Å². The smallest absolute Gasteiger partial charge is 0.255 e. The lowest BCUT2D eigenvalue weighted by atomic mass is 9.88. The predicted molar refractivity (Wildman–Crippen MR) is 113 cm³/mol. The first-order valence-electron chi connectivity index (χ1n) is 9.87. The van der Waals surface area contributed by atoms with Crippen molar-refractivity contribution in [3.8, 4) is 0 Å². The Morgan fingerprint density at radius 3 is 2.64 bits per heavy atom. The molecule has 3 N–H and O–H groups in total. The second kappa shape index (κ2) is 8.71. The Hall–Kier alpha value is -2.44. The molecule has 1 aromatic carbocycles. The molecule has 1 atom stereocenters. The van der Waals surface area contributed by atoms with Crippen molar-refractivity contribution in [2.75, 3.05) is 31.1 Å². The summed E-state index contributed by atoms with van der Waals surface area (Å²) < 4.78 is 6.23. The number of nitrogens with one attached hydrogen (secondary N) is 1. The third-order valence-corrected chi connectivity index (χ3v) is 5.68. The minimum atomic E-state index is -0.430. The van der Waals surface area contributed by atoms with E-state index >= 15 is 0 Å². The molecule has 1 amide bonds. The van der Waals surface area contributed by atoms with Gasteiger partial charge < -0.3 is 20.3 Å². The molecule has 2 aliphatic heterocycles. The fourth-order valence-corrected chi connectivity index (χ4v) is 4.06. The number of hydrogen-bond donors (Lipinski definition) is 2. The second-order valence-corrected chi connectivity index (χ2v) is 7.64. The van der Waals surface area contributed by atoms with E-state index in [2.05, 4.69) is 11.5 Å². The molecule has 2 saturated heterocycles. The van der Waals surface area contributed by atoms with E-state index in [0.29, 0.717) is 6.54 Å². The minimum Gasteiger partial charge on any atom is -0.384 e. The molecule has 0 saturated carbocycles. The molecule has 6 nitrogen and oxygen atoms in total. The summed E-state index contributed by atoms with van der Waals surface area (Å²) in [6, 6.07) is 9.84. The maximum Gasteiger partial charge on any atom is 0.255 e. The number of para-hydroxylation sites is 1. The Balaban J connectivity index is 1.62. The molecule has 0 radical (unpaired) electrons. The molecular weight excluding hydrogens is 352 g/mol. The number of likely N-dealkylation sites (tertiary alicyclic amines) is 1. The van der Waals surface area contributed by atoms with Crippen molar-refractivity contribution in [3.05, 3.63) is 54.6 Å². The number of rotatable bonds is 6. The number of morpholine rings is 1. The summed E-state index contributed by atoms with van der Waals surface area (Å²) in [6.45, 7) is 8.81. The van der Waals surface area contributed by atoms with E-state index in [0.717, 1.165) is 50.2 Å². The number of benzene rings is 1. The first-order chi connectivity index (χ1) is 13.4. The van der Waals surface area contributed by atoms with Crippen molar-refractivity contribution in [3.63, 3.8) is 0 Å². The van der Waals surface area contributed by atoms with Gasteiger partial charge in [-0.2, -0.15) is 0 Å². The monoisotopic (exact) mass is 382 g/mol. The van der Waals surface area contributed by atoms with Gasteiger partial charge in [-0.15, -0.1) is 0 Å². The molecule has 1 aromatic rings. The molecule has 2 aliphatic rings. The number of nitrogens with zero attached hydrogens (tertiary/aromatic N) is 2. The van der Waals surface area contributed by atoms with Gasteiger partial charge in [-0.1, -0.05) is 36.9 Å². The third kappa shape index (κ3) is 4.51. The van der Waals surface area contributed by atoms with Gasteiger partial charge in [0.15, 0.2) is 0 Å². The van der Waals surface area contributed by atoms with Crippen LogP contribution < -0.4 is 10.6 Å². The molecule has 3 rings (SSSR count). The van der Waals surface area contributed by atoms with Gasteiger partial charge in [0.25, 0.3) is 5.91 Å². The summed E-state index contributed by atoms with van der Waals surface area (Å²) in [5, 5.41) is 7.66. The lowest BCUT2D eigenvalue weighted by Gasteiger charge is -2.49. The SMILES string of the molecule is C=C/C=C(/CCN1CCC2(CC1)CN(c1ccccc1)C(=O)C(C)O2)C(=N)N. The van der Waals surface area contributed by atoms with Gasteiger partial charge in [0.2, 0.25) is 0 Å². The van der Waals surface area contributed by atoms with Crippen LogP contribution in [-0.4, -0.2) is 54.5 Å². The molecule has 1 spiro atoms. The lowest BCUT2D eigenvalue weighted by Crippen LogP contribution is -2.61. The Labute approximate surface area is 167 Å². The first kappa shape index (κ1) is 20.3. The summed E-state index contributed by atoms with van der Waals surface area (Å²) >= 11 is 0. The van der Waals surface area contributed by atoms with E-state index in [-0.39, 0.29) is 17.3 Å². The lowest BCUT2D eigenvalue weighted by molar-refractivity contribution is -0.161. The van der Waals surface area contributed by atoms with E-state index in [1.165, 1.54) is 0 Å². The third-order valence-electron chi connectivity index (χ3n) is 5.68. The fraction of sp³-hybridized carbons (Fsp3) is 0.455. The highest BCUT2D eigenvalue weighted by molar-refractivity contribution is 5.97. The summed E-state index contributed by atoms with van der Waals surface area (Å²) in [4.78, 5) is 16.9. The van der Waals surface area contributed by atoms with Crippen LogP contribution in [0.4, 0.5) is 5.69 Å². The molecule has 150 valence electrons. The van der Waals surface area contributed by atoms with Gasteiger partial charge in [-0.05, 0) is 43.9 Å². The quantitative estimate of drug-likeness (QED) is 0.450. The average molecular weight is 383 g/mol. The van der Waals surface area contributed by atoms with E-state index in [1.54, 1.807) is 6.08 Å². The van der Waals surface area contributed by atoms with Gasteiger partial charge in [0.05, 0.1) is 12.1 Å². The minimum absolute atomic E-state index is 0.0277. The number of piperidine rings is 1. The van der Waals surface area contributed by atoms with Crippen LogP contribution in [0, 0.1) is 5.41 Å². The summed E-state index contributed by atoms with van der Waals surface area (Å²) in [7, 11) is 0. The maximum atomic E-state index is 12.7. The van der Waals surface area contributed by atoms with Crippen LogP contribution in [0.2, 0.25) is 0 Å². The summed E-state index contributed by atoms with van der Waals surface area (Å²) in [5.41, 5.74) is 7.10. The normalized spacial score (nSPS) is 23.0. The molecule has 2 fully saturated rings. The fourth-order valence-electron chi connectivity index (χ4n) is 4.06. The molecule has 2 heterocycles. The number of nitrogens with two attached hydrogens (primary N) is 1. The number of ether oxygens (including phenoxy) is 1. The van der Waals surface area contributed by atoms with Gasteiger partial charge in [-0.3, -0.25) is 10.2 Å². The Morgan fingerprint density at radius 2 is 2.04 bits per heavy atom. The summed E-state index contributed by atoms with van der Waals surface area (Å²) in [5.74, 6) is 0.134. The van der Waals surface area contributed by atoms with E-state index in [1.807, 2.05) is 48.2 Å². The number of anilines is 1. The van der Waals surface area contributed by atoms with E-state index in [9.17, 15) is 4.79 Å². The van der Waals surface area contributed by atoms with Gasteiger partial charge in [-0.25, -0.2) is 0 Å². The molecule has 0 aliphatic carbocycles. The van der Waals surface area contributed by atoms with Crippen LogP contribution in [0.1, 0.15) is 26.2 Å². The molecule has 6 heteroatoms. The highest BCUT2D eigenvalue weighted by Crippen LogP contribution is 2.35. The Morgan fingerprint density at radius 1 is 1.36 bits per heavy atom. The number of amidine groups is 1. The van der Waals surface area contributed by atoms with Crippen LogP contribution in [0.3, 0.4) is 0 Å². The highest BCUT2D eigenvalue weighted by atomic mass is 16.5. The number of hydrogen-bond acceptors (Lipinski definition) is 4. The zero-order valence-electron chi connectivity index (χ0n) is 16.6. The highest BCUT2D eigenvalue weighted by Gasteiger charge is 2.45. The van der Waals surface area contributed by atoms with Crippen molar-refractivity contribution < 1.29 is 9.53 Å². The van der Waals surface area contributed by atoms with Crippen LogP contribution in [0.5, 0.6) is 0 Å². The van der Waals surface area contributed by atoms with Crippen molar-refractivity contribution in [1.82, 2.24) is 4.90 Å². The molecule has 28 heavy (non-hydrogen) atoms. The number of allylic oxidation sites excluding steroid dienone is 2.